The number of carbonyl (C=O) groups excluding carboxylic acids is 2. The van der Waals surface area contributed by atoms with Crippen LogP contribution in [0, 0.1) is 5.92 Å². The lowest BCUT2D eigenvalue weighted by Gasteiger charge is -2.34. The molecule has 1 atom stereocenters. The summed E-state index contributed by atoms with van der Waals surface area (Å²) in [4.78, 5) is 23.9. The molecule has 1 fully saturated rings. The lowest BCUT2D eigenvalue weighted by molar-refractivity contribution is -0.108. The number of aldehydes is 1. The van der Waals surface area contributed by atoms with E-state index in [1.54, 1.807) is 4.90 Å². The highest BCUT2D eigenvalue weighted by molar-refractivity contribution is 5.68. The summed E-state index contributed by atoms with van der Waals surface area (Å²) in [6.45, 7) is 10.6. The smallest absolute Gasteiger partial charge is 0.410 e. The number of hydrogen-bond acceptors (Lipinski definition) is 3. The molecular weight excluding hydrogens is 218 g/mol. The van der Waals surface area contributed by atoms with Crippen LogP contribution in [-0.2, 0) is 9.53 Å². The van der Waals surface area contributed by atoms with E-state index in [0.29, 0.717) is 19.5 Å². The number of amides is 1. The van der Waals surface area contributed by atoms with Gasteiger partial charge in [0.05, 0.1) is 0 Å². The Morgan fingerprint density at radius 3 is 2.71 bits per heavy atom. The maximum Gasteiger partial charge on any atom is 0.410 e. The topological polar surface area (TPSA) is 46.6 Å². The molecule has 4 nitrogen and oxygen atoms in total. The zero-order valence-electron chi connectivity index (χ0n) is 10.9. The monoisotopic (exact) mass is 239 g/mol. The van der Waals surface area contributed by atoms with Gasteiger partial charge in [-0.05, 0) is 33.1 Å². The van der Waals surface area contributed by atoms with Crippen molar-refractivity contribution in [3.63, 3.8) is 0 Å². The summed E-state index contributed by atoms with van der Waals surface area (Å²) < 4.78 is 5.30. The van der Waals surface area contributed by atoms with Crippen LogP contribution < -0.4 is 0 Å². The predicted molar refractivity (Wildman–Crippen MR) is 65.7 cm³/mol. The zero-order chi connectivity index (χ0) is 13.1. The molecule has 0 spiro atoms. The van der Waals surface area contributed by atoms with Crippen LogP contribution in [0.2, 0.25) is 0 Å². The van der Waals surface area contributed by atoms with E-state index in [0.717, 1.165) is 18.3 Å². The van der Waals surface area contributed by atoms with Crippen molar-refractivity contribution in [2.75, 3.05) is 13.1 Å². The van der Waals surface area contributed by atoms with E-state index in [9.17, 15) is 9.59 Å². The first-order chi connectivity index (χ1) is 7.83. The Labute approximate surface area is 103 Å². The molecule has 0 aromatic carbocycles. The van der Waals surface area contributed by atoms with E-state index < -0.39 is 5.60 Å². The Morgan fingerprint density at radius 1 is 1.59 bits per heavy atom. The maximum absolute atomic E-state index is 11.8. The van der Waals surface area contributed by atoms with Crippen LogP contribution in [0.15, 0.2) is 12.2 Å². The van der Waals surface area contributed by atoms with Crippen molar-refractivity contribution in [2.24, 2.45) is 5.92 Å². The van der Waals surface area contributed by atoms with E-state index in [1.165, 1.54) is 0 Å². The molecule has 96 valence electrons. The number of nitrogens with zero attached hydrogens (tertiary/aromatic N) is 1. The van der Waals surface area contributed by atoms with E-state index in [4.69, 9.17) is 4.74 Å². The highest BCUT2D eigenvalue weighted by atomic mass is 16.6. The van der Waals surface area contributed by atoms with Gasteiger partial charge in [0.2, 0.25) is 0 Å². The molecule has 1 aliphatic rings. The van der Waals surface area contributed by atoms with Crippen molar-refractivity contribution in [1.29, 1.82) is 0 Å². The lowest BCUT2D eigenvalue weighted by Crippen LogP contribution is -2.42. The van der Waals surface area contributed by atoms with Gasteiger partial charge < -0.3 is 14.4 Å². The number of ether oxygens (including phenoxy) is 1. The standard InChI is InChI=1S/C13H21NO3/c1-10-9-14(7-5-11(10)6-8-15)12(16)17-13(2,3)4/h8,11H,1,5-7,9H2,2-4H3. The summed E-state index contributed by atoms with van der Waals surface area (Å²) in [6.07, 6.45) is 1.90. The van der Waals surface area contributed by atoms with Gasteiger partial charge in [-0.3, -0.25) is 0 Å². The highest BCUT2D eigenvalue weighted by Crippen LogP contribution is 2.24. The second kappa shape index (κ2) is 5.34. The van der Waals surface area contributed by atoms with Gasteiger partial charge in [-0.2, -0.15) is 0 Å². The Balaban J connectivity index is 2.52. The van der Waals surface area contributed by atoms with Crippen LogP contribution in [0.5, 0.6) is 0 Å². The van der Waals surface area contributed by atoms with Crippen molar-refractivity contribution in [1.82, 2.24) is 4.90 Å². The minimum absolute atomic E-state index is 0.214. The molecule has 1 amide bonds. The van der Waals surface area contributed by atoms with Crippen molar-refractivity contribution < 1.29 is 14.3 Å². The first-order valence-corrected chi connectivity index (χ1v) is 5.92. The molecule has 0 N–H and O–H groups in total. The van der Waals surface area contributed by atoms with E-state index in [-0.39, 0.29) is 12.0 Å². The molecule has 0 aromatic rings. The van der Waals surface area contributed by atoms with Gasteiger partial charge >= 0.3 is 6.09 Å². The van der Waals surface area contributed by atoms with Crippen molar-refractivity contribution >= 4 is 12.4 Å². The third-order valence-electron chi connectivity index (χ3n) is 2.75. The highest BCUT2D eigenvalue weighted by Gasteiger charge is 2.28. The molecule has 0 aliphatic carbocycles. The second-order valence-corrected chi connectivity index (χ2v) is 5.45. The number of carbonyl (C=O) groups is 2. The molecule has 1 rings (SSSR count). The van der Waals surface area contributed by atoms with Crippen molar-refractivity contribution in [3.8, 4) is 0 Å². The molecule has 0 radical (unpaired) electrons. The summed E-state index contributed by atoms with van der Waals surface area (Å²) in [5.74, 6) is 0.214. The molecule has 17 heavy (non-hydrogen) atoms. The summed E-state index contributed by atoms with van der Waals surface area (Å²) in [6, 6.07) is 0. The van der Waals surface area contributed by atoms with Gasteiger partial charge in [-0.15, -0.1) is 0 Å². The average Bonchev–Trinajstić information content (AvgIpc) is 2.18. The Kier molecular flexibility index (Phi) is 4.32. The van der Waals surface area contributed by atoms with Crippen LogP contribution in [0.4, 0.5) is 4.79 Å². The second-order valence-electron chi connectivity index (χ2n) is 5.45. The summed E-state index contributed by atoms with van der Waals surface area (Å²) in [7, 11) is 0. The Hall–Kier alpha value is -1.32. The minimum atomic E-state index is -0.474. The summed E-state index contributed by atoms with van der Waals surface area (Å²) in [5.41, 5.74) is 0.465. The van der Waals surface area contributed by atoms with E-state index in [1.807, 2.05) is 20.8 Å². The molecule has 0 bridgehead atoms. The first-order valence-electron chi connectivity index (χ1n) is 5.92. The van der Waals surface area contributed by atoms with Gasteiger partial charge in [0.1, 0.15) is 11.9 Å². The van der Waals surface area contributed by atoms with Crippen LogP contribution in [0.25, 0.3) is 0 Å². The van der Waals surface area contributed by atoms with Crippen molar-refractivity contribution in [2.45, 2.75) is 39.2 Å². The SMILES string of the molecule is C=C1CN(C(=O)OC(C)(C)C)CCC1CC=O. The zero-order valence-corrected chi connectivity index (χ0v) is 10.9. The molecule has 4 heteroatoms. The van der Waals surface area contributed by atoms with Crippen molar-refractivity contribution in [3.05, 3.63) is 12.2 Å². The third-order valence-corrected chi connectivity index (χ3v) is 2.75. The number of piperidine rings is 1. The molecule has 1 unspecified atom stereocenters. The van der Waals surface area contributed by atoms with Gasteiger partial charge in [-0.25, -0.2) is 4.79 Å². The van der Waals surface area contributed by atoms with Gasteiger partial charge in [0.25, 0.3) is 0 Å². The number of likely N-dealkylation sites (tertiary alicyclic amines) is 1. The molecule has 1 aliphatic heterocycles. The summed E-state index contributed by atoms with van der Waals surface area (Å²) in [5, 5.41) is 0. The van der Waals surface area contributed by atoms with Crippen LogP contribution in [-0.4, -0.2) is 36.0 Å². The largest absolute Gasteiger partial charge is 0.444 e. The molecule has 0 aromatic heterocycles. The normalized spacial score (nSPS) is 21.2. The van der Waals surface area contributed by atoms with Gasteiger partial charge in [-0.1, -0.05) is 12.2 Å². The Bertz CT molecular complexity index is 317. The predicted octanol–water partition coefficient (Wildman–Crippen LogP) is 2.39. The fourth-order valence-electron chi connectivity index (χ4n) is 1.85. The minimum Gasteiger partial charge on any atom is -0.444 e. The van der Waals surface area contributed by atoms with Gasteiger partial charge in [0.15, 0.2) is 0 Å². The van der Waals surface area contributed by atoms with Crippen LogP contribution in [0.1, 0.15) is 33.6 Å². The van der Waals surface area contributed by atoms with Gasteiger partial charge in [0, 0.05) is 19.5 Å². The third kappa shape index (κ3) is 4.21. The van der Waals surface area contributed by atoms with Crippen LogP contribution in [0.3, 0.4) is 0 Å². The number of hydrogen-bond donors (Lipinski definition) is 0. The van der Waals surface area contributed by atoms with E-state index >= 15 is 0 Å². The molecule has 1 saturated heterocycles. The molecule has 0 saturated carbocycles. The van der Waals surface area contributed by atoms with E-state index in [2.05, 4.69) is 6.58 Å². The maximum atomic E-state index is 11.8. The Morgan fingerprint density at radius 2 is 2.24 bits per heavy atom. The summed E-state index contributed by atoms with van der Waals surface area (Å²) >= 11 is 0. The molecule has 1 heterocycles. The molecular formula is C13H21NO3. The van der Waals surface area contributed by atoms with Crippen LogP contribution >= 0.6 is 0 Å². The number of rotatable bonds is 2. The average molecular weight is 239 g/mol. The quantitative estimate of drug-likeness (QED) is 0.549. The first kappa shape index (κ1) is 13.7. The lowest BCUT2D eigenvalue weighted by atomic mass is 9.90. The fraction of sp³-hybridized carbons (Fsp3) is 0.692. The fourth-order valence-corrected chi connectivity index (χ4v) is 1.85.